The van der Waals surface area contributed by atoms with Crippen molar-refractivity contribution in [1.82, 2.24) is 9.97 Å². The molecule has 0 spiro atoms. The van der Waals surface area contributed by atoms with Gasteiger partial charge in [-0.1, -0.05) is 12.1 Å². The van der Waals surface area contributed by atoms with Gasteiger partial charge in [0.1, 0.15) is 5.82 Å². The van der Waals surface area contributed by atoms with Crippen molar-refractivity contribution in [2.75, 3.05) is 17.9 Å². The summed E-state index contributed by atoms with van der Waals surface area (Å²) in [5.41, 5.74) is 2.65. The molecule has 0 fully saturated rings. The molecule has 0 aliphatic carbocycles. The number of hydrogen-bond acceptors (Lipinski definition) is 5. The van der Waals surface area contributed by atoms with Crippen LogP contribution in [0.3, 0.4) is 0 Å². The number of carbonyl (C=O) groups is 1. The molecular weight excluding hydrogens is 338 g/mol. The van der Waals surface area contributed by atoms with Crippen LogP contribution in [0.1, 0.15) is 18.0 Å². The molecule has 25 heavy (non-hydrogen) atoms. The van der Waals surface area contributed by atoms with Crippen LogP contribution >= 0.6 is 11.8 Å². The number of nitrogens with zero attached hydrogens (tertiary/aromatic N) is 1. The average Bonchev–Trinajstić information content (AvgIpc) is 3.25. The molecule has 0 saturated heterocycles. The molecule has 0 unspecified atom stereocenters. The first-order valence-electron chi connectivity index (χ1n) is 7.95. The van der Waals surface area contributed by atoms with Gasteiger partial charge in [-0.3, -0.25) is 4.79 Å². The van der Waals surface area contributed by atoms with E-state index in [1.54, 1.807) is 18.2 Å². The molecule has 2 N–H and O–H groups in total. The summed E-state index contributed by atoms with van der Waals surface area (Å²) in [7, 11) is 0. The van der Waals surface area contributed by atoms with E-state index in [1.807, 2.05) is 31.2 Å². The third kappa shape index (κ3) is 3.41. The van der Waals surface area contributed by atoms with E-state index in [2.05, 4.69) is 15.3 Å². The number of thioether (sulfide) groups is 1. The zero-order valence-electron chi connectivity index (χ0n) is 13.6. The maximum absolute atomic E-state index is 12.2. The van der Waals surface area contributed by atoms with Crippen molar-refractivity contribution in [3.63, 3.8) is 0 Å². The van der Waals surface area contributed by atoms with Gasteiger partial charge in [0.15, 0.2) is 11.5 Å². The van der Waals surface area contributed by atoms with E-state index in [4.69, 9.17) is 9.47 Å². The van der Waals surface area contributed by atoms with Crippen LogP contribution in [-0.4, -0.2) is 28.4 Å². The second-order valence-corrected chi connectivity index (χ2v) is 7.04. The lowest BCUT2D eigenvalue weighted by Gasteiger charge is -2.09. The summed E-state index contributed by atoms with van der Waals surface area (Å²) < 4.78 is 10.6. The van der Waals surface area contributed by atoms with Gasteiger partial charge < -0.3 is 19.8 Å². The van der Waals surface area contributed by atoms with Crippen LogP contribution in [-0.2, 0) is 4.79 Å². The number of carbonyl (C=O) groups excluding carboxylic acids is 1. The fraction of sp³-hybridized carbons (Fsp3) is 0.222. The Hall–Kier alpha value is -2.67. The summed E-state index contributed by atoms with van der Waals surface area (Å²) in [6.07, 6.45) is 0. The van der Waals surface area contributed by atoms with Gasteiger partial charge in [0.25, 0.3) is 0 Å². The Morgan fingerprint density at radius 3 is 3.00 bits per heavy atom. The van der Waals surface area contributed by atoms with Gasteiger partial charge >= 0.3 is 0 Å². The fourth-order valence-electron chi connectivity index (χ4n) is 2.62. The number of H-pyrrole nitrogens is 1. The first-order chi connectivity index (χ1) is 12.2. The largest absolute Gasteiger partial charge is 0.454 e. The quantitative estimate of drug-likeness (QED) is 0.729. The SMILES string of the molecule is C[C@@H](SCC(=O)Nc1ccc2c(c1)OCO2)c1nc2ccccc2[nH]1. The van der Waals surface area contributed by atoms with E-state index in [0.29, 0.717) is 22.9 Å². The summed E-state index contributed by atoms with van der Waals surface area (Å²) in [5.74, 6) is 2.51. The van der Waals surface area contributed by atoms with Crippen LogP contribution in [0.5, 0.6) is 11.5 Å². The lowest BCUT2D eigenvalue weighted by Crippen LogP contribution is -2.14. The van der Waals surface area contributed by atoms with Crippen molar-refractivity contribution in [3.05, 3.63) is 48.3 Å². The third-order valence-electron chi connectivity index (χ3n) is 3.91. The number of nitrogens with one attached hydrogen (secondary N) is 2. The zero-order valence-corrected chi connectivity index (χ0v) is 14.4. The predicted octanol–water partition coefficient (Wildman–Crippen LogP) is 3.72. The van der Waals surface area contributed by atoms with E-state index < -0.39 is 0 Å². The third-order valence-corrected chi connectivity index (χ3v) is 5.07. The monoisotopic (exact) mass is 355 g/mol. The van der Waals surface area contributed by atoms with Crippen molar-refractivity contribution < 1.29 is 14.3 Å². The normalized spacial score (nSPS) is 13.8. The van der Waals surface area contributed by atoms with Crippen molar-refractivity contribution in [1.29, 1.82) is 0 Å². The second kappa shape index (κ2) is 6.68. The molecule has 0 radical (unpaired) electrons. The van der Waals surface area contributed by atoms with Crippen LogP contribution in [0.15, 0.2) is 42.5 Å². The number of hydrogen-bond donors (Lipinski definition) is 2. The topological polar surface area (TPSA) is 76.2 Å². The molecule has 128 valence electrons. The summed E-state index contributed by atoms with van der Waals surface area (Å²) in [6.45, 7) is 2.26. The van der Waals surface area contributed by atoms with Gasteiger partial charge in [0, 0.05) is 11.8 Å². The highest BCUT2D eigenvalue weighted by Crippen LogP contribution is 2.34. The summed E-state index contributed by atoms with van der Waals surface area (Å²) >= 11 is 1.54. The Bertz CT molecular complexity index is 892. The van der Waals surface area contributed by atoms with E-state index in [9.17, 15) is 4.79 Å². The molecule has 6 nitrogen and oxygen atoms in total. The van der Waals surface area contributed by atoms with Gasteiger partial charge in [0.2, 0.25) is 12.7 Å². The number of imidazole rings is 1. The molecule has 1 atom stereocenters. The molecule has 2 heterocycles. The summed E-state index contributed by atoms with van der Waals surface area (Å²) in [4.78, 5) is 20.1. The molecule has 1 amide bonds. The van der Waals surface area contributed by atoms with Crippen LogP contribution in [0, 0.1) is 0 Å². The fourth-order valence-corrected chi connectivity index (χ4v) is 3.36. The highest BCUT2D eigenvalue weighted by Gasteiger charge is 2.16. The minimum Gasteiger partial charge on any atom is -0.454 e. The number of aromatic amines is 1. The number of amides is 1. The number of ether oxygens (including phenoxy) is 2. The lowest BCUT2D eigenvalue weighted by molar-refractivity contribution is -0.113. The molecule has 1 aliphatic rings. The van der Waals surface area contributed by atoms with Crippen LogP contribution < -0.4 is 14.8 Å². The number of benzene rings is 2. The minimum atomic E-state index is -0.0631. The van der Waals surface area contributed by atoms with Crippen molar-refractivity contribution >= 4 is 34.4 Å². The maximum atomic E-state index is 12.2. The van der Waals surface area contributed by atoms with Crippen molar-refractivity contribution in [2.24, 2.45) is 0 Å². The summed E-state index contributed by atoms with van der Waals surface area (Å²) in [5, 5.41) is 2.97. The van der Waals surface area contributed by atoms with Crippen LogP contribution in [0.2, 0.25) is 0 Å². The molecule has 0 saturated carbocycles. The molecule has 7 heteroatoms. The van der Waals surface area contributed by atoms with Crippen LogP contribution in [0.25, 0.3) is 11.0 Å². The van der Waals surface area contributed by atoms with E-state index in [1.165, 1.54) is 11.8 Å². The average molecular weight is 355 g/mol. The Kier molecular flexibility index (Phi) is 4.23. The maximum Gasteiger partial charge on any atom is 0.234 e. The standard InChI is InChI=1S/C18H17N3O3S/c1-11(18-20-13-4-2-3-5-14(13)21-18)25-9-17(22)19-12-6-7-15-16(8-12)24-10-23-15/h2-8,11H,9-10H2,1H3,(H,19,22)(H,20,21)/t11-/m1/s1. The smallest absolute Gasteiger partial charge is 0.234 e. The first kappa shape index (κ1) is 15.8. The van der Waals surface area contributed by atoms with Gasteiger partial charge in [0.05, 0.1) is 22.0 Å². The van der Waals surface area contributed by atoms with E-state index >= 15 is 0 Å². The molecule has 1 aliphatic heterocycles. The molecular formula is C18H17N3O3S. The zero-order chi connectivity index (χ0) is 17.2. The van der Waals surface area contributed by atoms with Crippen molar-refractivity contribution in [3.8, 4) is 11.5 Å². The number of anilines is 1. The Morgan fingerprint density at radius 2 is 2.12 bits per heavy atom. The van der Waals surface area contributed by atoms with Gasteiger partial charge in [-0.05, 0) is 31.2 Å². The number of aromatic nitrogens is 2. The first-order valence-corrected chi connectivity index (χ1v) is 9.00. The highest BCUT2D eigenvalue weighted by molar-refractivity contribution is 8.00. The molecule has 2 aromatic carbocycles. The van der Waals surface area contributed by atoms with Gasteiger partial charge in [-0.25, -0.2) is 4.98 Å². The number of rotatable bonds is 5. The highest BCUT2D eigenvalue weighted by atomic mass is 32.2. The van der Waals surface area contributed by atoms with Crippen LogP contribution in [0.4, 0.5) is 5.69 Å². The Morgan fingerprint density at radius 1 is 1.28 bits per heavy atom. The second-order valence-electron chi connectivity index (χ2n) is 5.71. The summed E-state index contributed by atoms with van der Waals surface area (Å²) in [6, 6.07) is 13.3. The van der Waals surface area contributed by atoms with Crippen molar-refractivity contribution in [2.45, 2.75) is 12.2 Å². The molecule has 4 rings (SSSR count). The van der Waals surface area contributed by atoms with E-state index in [-0.39, 0.29) is 18.0 Å². The molecule has 1 aromatic heterocycles. The Balaban J connectivity index is 1.35. The number of para-hydroxylation sites is 2. The molecule has 3 aromatic rings. The lowest BCUT2D eigenvalue weighted by atomic mass is 10.3. The minimum absolute atomic E-state index is 0.0631. The number of fused-ring (bicyclic) bond motifs is 2. The predicted molar refractivity (Wildman–Crippen MR) is 98.2 cm³/mol. The van der Waals surface area contributed by atoms with Gasteiger partial charge in [-0.15, -0.1) is 11.8 Å². The van der Waals surface area contributed by atoms with Gasteiger partial charge in [-0.2, -0.15) is 0 Å². The Labute approximate surface area is 148 Å². The van der Waals surface area contributed by atoms with E-state index in [0.717, 1.165) is 16.9 Å². The molecule has 0 bridgehead atoms.